The Morgan fingerprint density at radius 1 is 0.500 bits per heavy atom. The zero-order chi connectivity index (χ0) is 29.9. The Balaban J connectivity index is 0.00000186. The van der Waals surface area contributed by atoms with Crippen molar-refractivity contribution in [2.75, 3.05) is 0 Å². The normalized spacial score (nSPS) is 16.8. The van der Waals surface area contributed by atoms with E-state index < -0.39 is 17.4 Å². The van der Waals surface area contributed by atoms with Crippen molar-refractivity contribution >= 4 is 55.0 Å². The third kappa shape index (κ3) is 5.20. The van der Waals surface area contributed by atoms with Crippen molar-refractivity contribution < 1.29 is 26.2 Å². The Bertz CT molecular complexity index is 1990. The number of hydrogen-bond acceptors (Lipinski definition) is 2. The maximum absolute atomic E-state index is 6.21. The second kappa shape index (κ2) is 12.3. The third-order valence-electron chi connectivity index (χ3n) is 9.80. The summed E-state index contributed by atoms with van der Waals surface area (Å²) in [6.45, 7) is 2.34. The van der Waals surface area contributed by atoms with Gasteiger partial charge in [-0.25, -0.2) is 0 Å². The van der Waals surface area contributed by atoms with Crippen molar-refractivity contribution in [1.29, 1.82) is 0 Å². The molecule has 2 unspecified atom stereocenters. The molecule has 0 N–H and O–H groups in total. The molecule has 0 fully saturated rings. The average molecular weight is 739 g/mol. The summed E-state index contributed by atoms with van der Waals surface area (Å²) in [5.74, 6) is 1.95. The molecule has 6 aromatic rings. The molecule has 2 aliphatic rings. The van der Waals surface area contributed by atoms with Crippen LogP contribution in [0.1, 0.15) is 41.0 Å². The van der Waals surface area contributed by atoms with Gasteiger partial charge in [0.05, 0.1) is 0 Å². The van der Waals surface area contributed by atoms with E-state index in [1.165, 1.54) is 55.7 Å². The number of furan rings is 2. The summed E-state index contributed by atoms with van der Waals surface area (Å²) in [5.41, 5.74) is 13.2. The predicted octanol–water partition coefficient (Wildman–Crippen LogP) is 11.3. The van der Waals surface area contributed by atoms with Crippen LogP contribution in [0.5, 0.6) is 0 Å². The summed E-state index contributed by atoms with van der Waals surface area (Å²) < 4.78 is 18.3. The van der Waals surface area contributed by atoms with Gasteiger partial charge in [-0.15, -0.1) is 24.8 Å². The van der Waals surface area contributed by atoms with Crippen LogP contribution in [0.3, 0.4) is 0 Å². The van der Waals surface area contributed by atoms with Gasteiger partial charge in [0.15, 0.2) is 0 Å². The molecule has 230 valence electrons. The first-order valence-corrected chi connectivity index (χ1v) is 29.0. The molecule has 0 amide bonds. The number of benzene rings is 4. The number of halogens is 2. The monoisotopic (exact) mass is 736 g/mol. The number of hydrogen-bond donors (Lipinski definition) is 0. The molecule has 0 spiro atoms. The second-order valence-electron chi connectivity index (χ2n) is 13.3. The van der Waals surface area contributed by atoms with Gasteiger partial charge in [-0.05, 0) is 0 Å². The molecule has 2 heterocycles. The Morgan fingerprint density at radius 3 is 1.28 bits per heavy atom. The SMILES string of the molecule is Cl.Cl.[CH3][Zr]([CH3])(=[SiH2])([CH]1C(c2ccco2)=Cc2c(-c3ccccc3)cccc21)[CH]1C(c2ccco2)=Cc2c(-c3ccccc3)cccc21. The standard InChI is InChI=1S/2C19H13O.2CH3.2ClH.H2Si.Zr/c2*1-2-6-14(7-3-1)17-9-4-8-15-12-16(13-18(15)17)19-10-5-11-20-19;;;;;;/h2*1-13H;2*1H3;2*1H;1H2;. The molecule has 46 heavy (non-hydrogen) atoms. The molecule has 2 atom stereocenters. The molecule has 2 aliphatic carbocycles. The van der Waals surface area contributed by atoms with Crippen LogP contribution in [0.25, 0.3) is 45.6 Å². The van der Waals surface area contributed by atoms with Crippen LogP contribution in [0.2, 0.25) is 9.26 Å². The molecule has 8 rings (SSSR count). The van der Waals surface area contributed by atoms with E-state index >= 15 is 0 Å². The summed E-state index contributed by atoms with van der Waals surface area (Å²) in [4.78, 5) is 0. The van der Waals surface area contributed by atoms with Gasteiger partial charge in [0.2, 0.25) is 0 Å². The van der Waals surface area contributed by atoms with Crippen molar-refractivity contribution in [2.45, 2.75) is 16.5 Å². The molecular formula is C40H36Cl2O2SiZr. The first-order valence-electron chi connectivity index (χ1n) is 15.3. The van der Waals surface area contributed by atoms with Crippen molar-refractivity contribution in [3.63, 3.8) is 0 Å². The van der Waals surface area contributed by atoms with E-state index in [9.17, 15) is 0 Å². The maximum atomic E-state index is 6.21. The van der Waals surface area contributed by atoms with E-state index in [4.69, 9.17) is 8.83 Å². The van der Waals surface area contributed by atoms with Crippen molar-refractivity contribution in [3.8, 4) is 22.3 Å². The van der Waals surface area contributed by atoms with Crippen LogP contribution in [-0.2, 0) is 17.4 Å². The molecule has 0 bridgehead atoms. The molecule has 4 aromatic carbocycles. The van der Waals surface area contributed by atoms with Crippen molar-refractivity contribution in [3.05, 3.63) is 168 Å². The molecule has 6 heteroatoms. The summed E-state index contributed by atoms with van der Waals surface area (Å²) in [5, 5.41) is 0. The van der Waals surface area contributed by atoms with Gasteiger partial charge in [-0.1, -0.05) is 0 Å². The Labute approximate surface area is 285 Å². The van der Waals surface area contributed by atoms with Gasteiger partial charge >= 0.3 is 263 Å². The van der Waals surface area contributed by atoms with Crippen LogP contribution < -0.4 is 0 Å². The average Bonchev–Trinajstić information content (AvgIpc) is 3.86. The van der Waals surface area contributed by atoms with Gasteiger partial charge in [0.25, 0.3) is 0 Å². The number of rotatable bonds is 6. The van der Waals surface area contributed by atoms with Crippen LogP contribution in [0.15, 0.2) is 143 Å². The van der Waals surface area contributed by atoms with Gasteiger partial charge in [0, 0.05) is 0 Å². The fourth-order valence-electron chi connectivity index (χ4n) is 8.07. The minimum atomic E-state index is -4.01. The zero-order valence-corrected chi connectivity index (χ0v) is 31.4. The summed E-state index contributed by atoms with van der Waals surface area (Å²) >= 11 is -4.01. The van der Waals surface area contributed by atoms with Crippen molar-refractivity contribution in [2.24, 2.45) is 0 Å². The van der Waals surface area contributed by atoms with E-state index in [1.54, 1.807) is 0 Å². The molecule has 2 nitrogen and oxygen atoms in total. The first-order chi connectivity index (χ1) is 21.4. The van der Waals surface area contributed by atoms with Gasteiger partial charge in [-0.2, -0.15) is 0 Å². The third-order valence-corrected chi connectivity index (χ3v) is 27.0. The summed E-state index contributed by atoms with van der Waals surface area (Å²) in [7, 11) is 0. The van der Waals surface area contributed by atoms with Gasteiger partial charge in [0.1, 0.15) is 0 Å². The van der Waals surface area contributed by atoms with Gasteiger partial charge in [-0.3, -0.25) is 0 Å². The number of allylic oxidation sites excluding steroid dienone is 2. The fourth-order valence-corrected chi connectivity index (χ4v) is 26.5. The minimum absolute atomic E-state index is 0. The first kappa shape index (κ1) is 32.5. The van der Waals surface area contributed by atoms with Gasteiger partial charge < -0.3 is 0 Å². The van der Waals surface area contributed by atoms with E-state index in [1.807, 2.05) is 24.7 Å². The quantitative estimate of drug-likeness (QED) is 0.159. The summed E-state index contributed by atoms with van der Waals surface area (Å²) in [6, 6.07) is 43.7. The molecule has 0 aliphatic heterocycles. The van der Waals surface area contributed by atoms with Crippen LogP contribution in [0.4, 0.5) is 0 Å². The van der Waals surface area contributed by atoms with Crippen LogP contribution in [0, 0.1) is 0 Å². The predicted molar refractivity (Wildman–Crippen MR) is 197 cm³/mol. The molecular weight excluding hydrogens is 703 g/mol. The summed E-state index contributed by atoms with van der Waals surface area (Å²) in [6.07, 6.45) is 8.49. The molecule has 0 saturated carbocycles. The van der Waals surface area contributed by atoms with E-state index in [0.29, 0.717) is 0 Å². The van der Waals surface area contributed by atoms with Crippen molar-refractivity contribution in [1.82, 2.24) is 0 Å². The van der Waals surface area contributed by atoms with Crippen LogP contribution >= 0.6 is 24.8 Å². The second-order valence-corrected chi connectivity index (χ2v) is 43.8. The number of fused-ring (bicyclic) bond motifs is 2. The van der Waals surface area contributed by atoms with E-state index in [2.05, 4.69) is 137 Å². The Morgan fingerprint density at radius 2 is 0.913 bits per heavy atom. The Hall–Kier alpha value is -3.40. The zero-order valence-electron chi connectivity index (χ0n) is 25.9. The van der Waals surface area contributed by atoms with Crippen LogP contribution in [-0.4, -0.2) is 6.88 Å². The topological polar surface area (TPSA) is 26.3 Å². The molecule has 2 aromatic heterocycles. The molecule has 0 radical (unpaired) electrons. The Kier molecular flexibility index (Phi) is 8.72. The van der Waals surface area contributed by atoms with E-state index in [-0.39, 0.29) is 32.1 Å². The molecule has 0 saturated heterocycles. The fraction of sp³-hybridized carbons (Fsp3) is 0.100. The van der Waals surface area contributed by atoms with E-state index in [0.717, 1.165) is 11.5 Å².